The Kier molecular flexibility index (Phi) is 6.74. The first-order valence-electron chi connectivity index (χ1n) is 9.89. The number of para-hydroxylation sites is 2. The Balaban J connectivity index is 1.30. The van der Waals surface area contributed by atoms with Gasteiger partial charge in [-0.3, -0.25) is 20.4 Å². The highest BCUT2D eigenvalue weighted by Gasteiger charge is 2.27. The maximum atomic E-state index is 12.4. The van der Waals surface area contributed by atoms with Crippen LogP contribution in [0.25, 0.3) is 0 Å². The van der Waals surface area contributed by atoms with E-state index in [9.17, 15) is 9.59 Å². The van der Waals surface area contributed by atoms with Gasteiger partial charge in [-0.05, 0) is 23.3 Å². The fourth-order valence-electron chi connectivity index (χ4n) is 3.20. The van der Waals surface area contributed by atoms with E-state index >= 15 is 0 Å². The van der Waals surface area contributed by atoms with Gasteiger partial charge in [0.15, 0.2) is 11.5 Å². The maximum Gasteiger partial charge on any atom is 0.283 e. The summed E-state index contributed by atoms with van der Waals surface area (Å²) in [4.78, 5) is 24.7. The molecule has 0 aliphatic carbocycles. The zero-order valence-corrected chi connectivity index (χ0v) is 17.5. The molecule has 2 N–H and O–H groups in total. The van der Waals surface area contributed by atoms with Gasteiger partial charge in [0.05, 0.1) is 11.0 Å². The number of ether oxygens (including phenoxy) is 2. The van der Waals surface area contributed by atoms with Crippen molar-refractivity contribution >= 4 is 23.6 Å². The molecule has 31 heavy (non-hydrogen) atoms. The molecule has 3 aromatic carbocycles. The second-order valence-electron chi connectivity index (χ2n) is 6.91. The number of carbonyl (C=O) groups excluding carboxylic acids is 2. The van der Waals surface area contributed by atoms with Crippen molar-refractivity contribution in [1.82, 2.24) is 10.9 Å². The molecule has 0 saturated heterocycles. The van der Waals surface area contributed by atoms with Crippen molar-refractivity contribution < 1.29 is 19.1 Å². The van der Waals surface area contributed by atoms with Crippen molar-refractivity contribution in [3.63, 3.8) is 0 Å². The van der Waals surface area contributed by atoms with Crippen LogP contribution in [0.15, 0.2) is 84.9 Å². The van der Waals surface area contributed by atoms with Gasteiger partial charge in [-0.1, -0.05) is 72.8 Å². The molecule has 4 rings (SSSR count). The van der Waals surface area contributed by atoms with Crippen molar-refractivity contribution in [2.45, 2.75) is 11.4 Å². The van der Waals surface area contributed by atoms with Gasteiger partial charge in [0, 0.05) is 0 Å². The van der Waals surface area contributed by atoms with Crippen LogP contribution in [0.1, 0.15) is 16.4 Å². The molecule has 158 valence electrons. The minimum absolute atomic E-state index is 0.00966. The smallest absolute Gasteiger partial charge is 0.283 e. The SMILES string of the molecule is O=C(CSC(c1ccccc1)c1ccccc1)NNC(=O)C1COc2ccccc2O1. The van der Waals surface area contributed by atoms with Crippen molar-refractivity contribution in [1.29, 1.82) is 0 Å². The summed E-state index contributed by atoms with van der Waals surface area (Å²) in [5, 5.41) is 0.00966. The van der Waals surface area contributed by atoms with Crippen LogP contribution in [0.5, 0.6) is 11.5 Å². The van der Waals surface area contributed by atoms with Crippen LogP contribution in [-0.2, 0) is 9.59 Å². The van der Waals surface area contributed by atoms with E-state index in [0.29, 0.717) is 11.5 Å². The zero-order chi connectivity index (χ0) is 21.5. The number of hydrogen-bond acceptors (Lipinski definition) is 5. The summed E-state index contributed by atoms with van der Waals surface area (Å²) in [6.07, 6.45) is -0.829. The number of hydrogen-bond donors (Lipinski definition) is 2. The summed E-state index contributed by atoms with van der Waals surface area (Å²) in [7, 11) is 0. The van der Waals surface area contributed by atoms with Crippen LogP contribution in [0.4, 0.5) is 0 Å². The number of thioether (sulfide) groups is 1. The van der Waals surface area contributed by atoms with E-state index in [1.807, 2.05) is 66.7 Å². The minimum atomic E-state index is -0.829. The first-order chi connectivity index (χ1) is 15.2. The first kappa shape index (κ1) is 20.8. The lowest BCUT2D eigenvalue weighted by atomic mass is 10.0. The van der Waals surface area contributed by atoms with Crippen LogP contribution in [-0.4, -0.2) is 30.3 Å². The fourth-order valence-corrected chi connectivity index (χ4v) is 4.29. The van der Waals surface area contributed by atoms with E-state index in [-0.39, 0.29) is 23.5 Å². The van der Waals surface area contributed by atoms with Crippen molar-refractivity contribution in [3.05, 3.63) is 96.1 Å². The number of benzene rings is 3. The Bertz CT molecular complexity index is 991. The molecule has 0 bridgehead atoms. The van der Waals surface area contributed by atoms with E-state index in [1.165, 1.54) is 11.8 Å². The summed E-state index contributed by atoms with van der Waals surface area (Å²) in [6.45, 7) is 0.0809. The van der Waals surface area contributed by atoms with E-state index in [1.54, 1.807) is 18.2 Å². The number of amides is 2. The molecular formula is C24H22N2O4S. The Morgan fingerprint density at radius 3 is 2.06 bits per heavy atom. The van der Waals surface area contributed by atoms with Crippen LogP contribution in [0.2, 0.25) is 0 Å². The molecule has 2 amide bonds. The lowest BCUT2D eigenvalue weighted by molar-refractivity contribution is -0.134. The predicted octanol–water partition coefficient (Wildman–Crippen LogP) is 3.50. The topological polar surface area (TPSA) is 76.7 Å². The zero-order valence-electron chi connectivity index (χ0n) is 16.7. The van der Waals surface area contributed by atoms with Gasteiger partial charge in [0.2, 0.25) is 12.0 Å². The van der Waals surface area contributed by atoms with Crippen molar-refractivity contribution in [2.75, 3.05) is 12.4 Å². The lowest BCUT2D eigenvalue weighted by Crippen LogP contribution is -2.51. The molecule has 1 aliphatic heterocycles. The van der Waals surface area contributed by atoms with Gasteiger partial charge in [0.1, 0.15) is 6.61 Å². The summed E-state index contributed by atoms with van der Waals surface area (Å²) in [5.74, 6) is 0.520. The largest absolute Gasteiger partial charge is 0.485 e. The standard InChI is InChI=1S/C24H22N2O4S/c27-22(25-26-24(28)21-15-29-19-13-7-8-14-20(19)30-21)16-31-23(17-9-3-1-4-10-17)18-11-5-2-6-12-18/h1-14,21,23H,15-16H2,(H,25,27)(H,26,28). The van der Waals surface area contributed by atoms with Gasteiger partial charge in [-0.2, -0.15) is 0 Å². The highest BCUT2D eigenvalue weighted by atomic mass is 32.2. The fraction of sp³-hybridized carbons (Fsp3) is 0.167. The predicted molar refractivity (Wildman–Crippen MR) is 120 cm³/mol. The normalized spacial score (nSPS) is 14.7. The average molecular weight is 435 g/mol. The molecule has 0 radical (unpaired) electrons. The molecule has 1 atom stereocenters. The number of hydrazine groups is 1. The van der Waals surface area contributed by atoms with Gasteiger partial charge < -0.3 is 9.47 Å². The molecule has 6 nitrogen and oxygen atoms in total. The molecule has 1 aliphatic rings. The Hall–Kier alpha value is -3.45. The van der Waals surface area contributed by atoms with Crippen LogP contribution >= 0.6 is 11.8 Å². The van der Waals surface area contributed by atoms with E-state index < -0.39 is 12.0 Å². The molecule has 0 aromatic heterocycles. The quantitative estimate of drug-likeness (QED) is 0.581. The molecule has 0 saturated carbocycles. The molecular weight excluding hydrogens is 412 g/mol. The first-order valence-corrected chi connectivity index (χ1v) is 10.9. The van der Waals surface area contributed by atoms with Crippen LogP contribution in [0.3, 0.4) is 0 Å². The number of carbonyl (C=O) groups is 2. The second-order valence-corrected chi connectivity index (χ2v) is 8.01. The van der Waals surface area contributed by atoms with E-state index in [2.05, 4.69) is 10.9 Å². The van der Waals surface area contributed by atoms with Crippen molar-refractivity contribution in [3.8, 4) is 11.5 Å². The Morgan fingerprint density at radius 2 is 1.42 bits per heavy atom. The van der Waals surface area contributed by atoms with Gasteiger partial charge in [0.25, 0.3) is 5.91 Å². The molecule has 0 fully saturated rings. The van der Waals surface area contributed by atoms with Crippen molar-refractivity contribution in [2.24, 2.45) is 0 Å². The van der Waals surface area contributed by atoms with E-state index in [0.717, 1.165) is 11.1 Å². The lowest BCUT2D eigenvalue weighted by Gasteiger charge is -2.25. The summed E-state index contributed by atoms with van der Waals surface area (Å²) in [6, 6.07) is 27.2. The third-order valence-corrected chi connectivity index (χ3v) is 6.02. The summed E-state index contributed by atoms with van der Waals surface area (Å²) < 4.78 is 11.2. The maximum absolute atomic E-state index is 12.4. The Labute approximate surface area is 184 Å². The minimum Gasteiger partial charge on any atom is -0.485 e. The monoisotopic (exact) mass is 434 g/mol. The Morgan fingerprint density at radius 1 is 0.839 bits per heavy atom. The average Bonchev–Trinajstić information content (AvgIpc) is 2.83. The van der Waals surface area contributed by atoms with E-state index in [4.69, 9.17) is 9.47 Å². The molecule has 1 unspecified atom stereocenters. The number of nitrogens with one attached hydrogen (secondary N) is 2. The van der Waals surface area contributed by atoms with Crippen LogP contribution < -0.4 is 20.3 Å². The molecule has 3 aromatic rings. The number of fused-ring (bicyclic) bond motifs is 1. The van der Waals surface area contributed by atoms with Gasteiger partial charge in [-0.15, -0.1) is 11.8 Å². The highest BCUT2D eigenvalue weighted by molar-refractivity contribution is 8.00. The molecule has 7 heteroatoms. The van der Waals surface area contributed by atoms with Gasteiger partial charge in [-0.25, -0.2) is 0 Å². The summed E-state index contributed by atoms with van der Waals surface area (Å²) in [5.41, 5.74) is 7.12. The third kappa shape index (κ3) is 5.38. The number of rotatable bonds is 6. The third-order valence-electron chi connectivity index (χ3n) is 4.71. The summed E-state index contributed by atoms with van der Waals surface area (Å²) >= 11 is 1.49. The van der Waals surface area contributed by atoms with Crippen LogP contribution in [0, 0.1) is 0 Å². The molecule has 0 spiro atoms. The van der Waals surface area contributed by atoms with Gasteiger partial charge >= 0.3 is 0 Å². The second kappa shape index (κ2) is 10.0. The molecule has 1 heterocycles. The highest BCUT2D eigenvalue weighted by Crippen LogP contribution is 2.35.